The number of hydrogen-bond acceptors (Lipinski definition) is 2. The molecule has 0 spiro atoms. The standard InChI is InChI=1S/C16H15N3/c1-3-7-14-11(5-1)13(9-17-14)16-12-6-2-4-8-15(12)18-10-19-16/h1,3,5,7,9-10,17H,2,4,6,8H2. The number of nitrogens with one attached hydrogen (secondary N) is 1. The maximum absolute atomic E-state index is 4.55. The Morgan fingerprint density at radius 1 is 1.00 bits per heavy atom. The fourth-order valence-electron chi connectivity index (χ4n) is 3.02. The van der Waals surface area contributed by atoms with Gasteiger partial charge in [-0.15, -0.1) is 0 Å². The highest BCUT2D eigenvalue weighted by molar-refractivity contribution is 5.95. The maximum Gasteiger partial charge on any atom is 0.116 e. The topological polar surface area (TPSA) is 41.6 Å². The van der Waals surface area contributed by atoms with Crippen molar-refractivity contribution in [2.24, 2.45) is 0 Å². The number of nitrogens with zero attached hydrogens (tertiary/aromatic N) is 2. The Kier molecular flexibility index (Phi) is 2.37. The SMILES string of the molecule is c1ccc2c(-c3ncnc4c3CCCC4)c[nH]c2c1. The molecule has 0 bridgehead atoms. The number of fused-ring (bicyclic) bond motifs is 2. The Labute approximate surface area is 111 Å². The van der Waals surface area contributed by atoms with Crippen molar-refractivity contribution in [1.29, 1.82) is 0 Å². The van der Waals surface area contributed by atoms with Gasteiger partial charge >= 0.3 is 0 Å². The first-order valence-corrected chi connectivity index (χ1v) is 6.83. The third-order valence-corrected chi connectivity index (χ3v) is 3.97. The summed E-state index contributed by atoms with van der Waals surface area (Å²) in [5, 5.41) is 1.24. The van der Waals surface area contributed by atoms with E-state index >= 15 is 0 Å². The van der Waals surface area contributed by atoms with Crippen LogP contribution in [0, 0.1) is 0 Å². The first-order chi connectivity index (χ1) is 9.43. The molecule has 3 aromatic rings. The van der Waals surface area contributed by atoms with Crippen molar-refractivity contribution >= 4 is 10.9 Å². The van der Waals surface area contributed by atoms with Crippen molar-refractivity contribution in [3.05, 3.63) is 48.0 Å². The number of hydrogen-bond donors (Lipinski definition) is 1. The average molecular weight is 249 g/mol. The van der Waals surface area contributed by atoms with Gasteiger partial charge in [0.15, 0.2) is 0 Å². The van der Waals surface area contributed by atoms with E-state index in [0.29, 0.717) is 0 Å². The predicted molar refractivity (Wildman–Crippen MR) is 76.0 cm³/mol. The van der Waals surface area contributed by atoms with Gasteiger partial charge in [-0.05, 0) is 31.7 Å². The lowest BCUT2D eigenvalue weighted by atomic mass is 9.92. The summed E-state index contributed by atoms with van der Waals surface area (Å²) in [7, 11) is 0. The second-order valence-electron chi connectivity index (χ2n) is 5.10. The summed E-state index contributed by atoms with van der Waals surface area (Å²) in [5.74, 6) is 0. The van der Waals surface area contributed by atoms with Crippen LogP contribution in [0.1, 0.15) is 24.1 Å². The Bertz CT molecular complexity index is 743. The number of aromatic nitrogens is 3. The Morgan fingerprint density at radius 2 is 1.89 bits per heavy atom. The van der Waals surface area contributed by atoms with Gasteiger partial charge in [-0.3, -0.25) is 0 Å². The lowest BCUT2D eigenvalue weighted by molar-refractivity contribution is 0.664. The molecule has 0 saturated carbocycles. The quantitative estimate of drug-likeness (QED) is 0.717. The Balaban J connectivity index is 1.97. The number of aryl methyl sites for hydroxylation is 1. The fourth-order valence-corrected chi connectivity index (χ4v) is 3.02. The highest BCUT2D eigenvalue weighted by Gasteiger charge is 2.18. The number of para-hydroxylation sites is 1. The van der Waals surface area contributed by atoms with Crippen LogP contribution in [0.3, 0.4) is 0 Å². The van der Waals surface area contributed by atoms with Crippen molar-refractivity contribution in [1.82, 2.24) is 15.0 Å². The average Bonchev–Trinajstić information content (AvgIpc) is 2.90. The minimum atomic E-state index is 1.09. The van der Waals surface area contributed by atoms with E-state index in [4.69, 9.17) is 0 Å². The van der Waals surface area contributed by atoms with E-state index in [9.17, 15) is 0 Å². The summed E-state index contributed by atoms with van der Waals surface area (Å²) in [4.78, 5) is 12.3. The second-order valence-corrected chi connectivity index (χ2v) is 5.10. The molecule has 1 aliphatic carbocycles. The summed E-state index contributed by atoms with van der Waals surface area (Å²) in [6.07, 6.45) is 8.47. The van der Waals surface area contributed by atoms with Crippen LogP contribution in [0.2, 0.25) is 0 Å². The van der Waals surface area contributed by atoms with Crippen LogP contribution < -0.4 is 0 Å². The highest BCUT2D eigenvalue weighted by Crippen LogP contribution is 2.32. The lowest BCUT2D eigenvalue weighted by Gasteiger charge is -2.16. The molecule has 2 aromatic heterocycles. The summed E-state index contributed by atoms with van der Waals surface area (Å²) < 4.78 is 0. The highest BCUT2D eigenvalue weighted by atomic mass is 14.9. The van der Waals surface area contributed by atoms with E-state index < -0.39 is 0 Å². The smallest absolute Gasteiger partial charge is 0.116 e. The van der Waals surface area contributed by atoms with E-state index in [1.54, 1.807) is 6.33 Å². The van der Waals surface area contributed by atoms with Crippen LogP contribution in [0.25, 0.3) is 22.2 Å². The van der Waals surface area contributed by atoms with Crippen molar-refractivity contribution in [3.63, 3.8) is 0 Å². The third kappa shape index (κ3) is 1.65. The van der Waals surface area contributed by atoms with E-state index in [1.165, 1.54) is 40.6 Å². The van der Waals surface area contributed by atoms with Gasteiger partial charge in [0.2, 0.25) is 0 Å². The zero-order valence-corrected chi connectivity index (χ0v) is 10.7. The molecule has 0 radical (unpaired) electrons. The molecule has 0 saturated heterocycles. The van der Waals surface area contributed by atoms with Gasteiger partial charge in [-0.25, -0.2) is 9.97 Å². The fraction of sp³-hybridized carbons (Fsp3) is 0.250. The van der Waals surface area contributed by atoms with Gasteiger partial charge < -0.3 is 4.98 Å². The molecule has 0 atom stereocenters. The van der Waals surface area contributed by atoms with Crippen molar-refractivity contribution < 1.29 is 0 Å². The van der Waals surface area contributed by atoms with Crippen LogP contribution >= 0.6 is 0 Å². The van der Waals surface area contributed by atoms with E-state index in [1.807, 2.05) is 0 Å². The largest absolute Gasteiger partial charge is 0.360 e. The maximum atomic E-state index is 4.55. The van der Waals surface area contributed by atoms with Crippen molar-refractivity contribution in [3.8, 4) is 11.3 Å². The second kappa shape index (κ2) is 4.19. The summed E-state index contributed by atoms with van der Waals surface area (Å²) in [6.45, 7) is 0. The molecular formula is C16H15N3. The Hall–Kier alpha value is -2.16. The summed E-state index contributed by atoms with van der Waals surface area (Å²) in [5.41, 5.74) is 6.07. The molecule has 1 aliphatic rings. The van der Waals surface area contributed by atoms with Crippen LogP contribution in [0.4, 0.5) is 0 Å². The van der Waals surface area contributed by atoms with Gasteiger partial charge in [-0.1, -0.05) is 18.2 Å². The molecule has 19 heavy (non-hydrogen) atoms. The van der Waals surface area contributed by atoms with Crippen molar-refractivity contribution in [2.45, 2.75) is 25.7 Å². The summed E-state index contributed by atoms with van der Waals surface area (Å²) in [6, 6.07) is 8.39. The molecule has 1 aromatic carbocycles. The first-order valence-electron chi connectivity index (χ1n) is 6.83. The summed E-state index contributed by atoms with van der Waals surface area (Å²) >= 11 is 0. The van der Waals surface area contributed by atoms with Gasteiger partial charge in [0.1, 0.15) is 6.33 Å². The molecule has 0 amide bonds. The van der Waals surface area contributed by atoms with Gasteiger partial charge in [0.05, 0.1) is 5.69 Å². The van der Waals surface area contributed by atoms with Gasteiger partial charge in [-0.2, -0.15) is 0 Å². The molecular weight excluding hydrogens is 234 g/mol. The Morgan fingerprint density at radius 3 is 2.89 bits per heavy atom. The third-order valence-electron chi connectivity index (χ3n) is 3.97. The molecule has 3 nitrogen and oxygen atoms in total. The van der Waals surface area contributed by atoms with Crippen LogP contribution in [0.5, 0.6) is 0 Å². The number of benzene rings is 1. The lowest BCUT2D eigenvalue weighted by Crippen LogP contribution is -2.08. The molecule has 0 fully saturated rings. The minimum Gasteiger partial charge on any atom is -0.360 e. The molecule has 94 valence electrons. The molecule has 0 aliphatic heterocycles. The number of aromatic amines is 1. The molecule has 1 N–H and O–H groups in total. The molecule has 3 heteroatoms. The van der Waals surface area contributed by atoms with Crippen LogP contribution in [-0.2, 0) is 12.8 Å². The van der Waals surface area contributed by atoms with E-state index in [-0.39, 0.29) is 0 Å². The van der Waals surface area contributed by atoms with E-state index in [0.717, 1.165) is 18.5 Å². The van der Waals surface area contributed by atoms with Crippen LogP contribution in [-0.4, -0.2) is 15.0 Å². The molecule has 2 heterocycles. The minimum absolute atomic E-state index is 1.09. The normalized spacial score (nSPS) is 14.5. The number of H-pyrrole nitrogens is 1. The van der Waals surface area contributed by atoms with Crippen molar-refractivity contribution in [2.75, 3.05) is 0 Å². The van der Waals surface area contributed by atoms with Crippen LogP contribution in [0.15, 0.2) is 36.8 Å². The van der Waals surface area contributed by atoms with E-state index in [2.05, 4.69) is 45.4 Å². The molecule has 4 rings (SSSR count). The molecule has 0 unspecified atom stereocenters. The van der Waals surface area contributed by atoms with Gasteiger partial charge in [0, 0.05) is 33.9 Å². The first kappa shape index (κ1) is 10.7. The predicted octanol–water partition coefficient (Wildman–Crippen LogP) is 3.50. The zero-order chi connectivity index (χ0) is 12.7. The van der Waals surface area contributed by atoms with Gasteiger partial charge in [0.25, 0.3) is 0 Å². The monoisotopic (exact) mass is 249 g/mol. The zero-order valence-electron chi connectivity index (χ0n) is 10.7. The number of rotatable bonds is 1.